The highest BCUT2D eigenvalue weighted by Gasteiger charge is 2.33. The average molecular weight is 300 g/mol. The number of carboxylic acid groups (broad SMARTS) is 1. The lowest BCUT2D eigenvalue weighted by Crippen LogP contribution is -2.54. The fourth-order valence-electron chi connectivity index (χ4n) is 2.64. The number of piperidine rings is 1. The highest BCUT2D eigenvalue weighted by molar-refractivity contribution is 5.75. The molecule has 2 aliphatic rings. The first-order chi connectivity index (χ1) is 9.98. The first-order valence-electron chi connectivity index (χ1n) is 7.47. The quantitative estimate of drug-likeness (QED) is 0.785. The minimum absolute atomic E-state index is 0.0268. The Morgan fingerprint density at radius 1 is 1.43 bits per heavy atom. The Balaban J connectivity index is 1.68. The van der Waals surface area contributed by atoms with Crippen molar-refractivity contribution in [1.29, 1.82) is 0 Å². The lowest BCUT2D eigenvalue weighted by atomic mass is 10.0. The van der Waals surface area contributed by atoms with Gasteiger partial charge in [0.05, 0.1) is 31.3 Å². The van der Waals surface area contributed by atoms with Gasteiger partial charge in [-0.3, -0.25) is 4.79 Å². The molecule has 2 fully saturated rings. The molecule has 0 bridgehead atoms. The summed E-state index contributed by atoms with van der Waals surface area (Å²) in [6.45, 7) is 4.77. The Bertz CT molecular complexity index is 374. The predicted octanol–water partition coefficient (Wildman–Crippen LogP) is 0.831. The molecular weight excluding hydrogens is 276 g/mol. The highest BCUT2D eigenvalue weighted by atomic mass is 16.5. The fraction of sp³-hybridized carbons (Fsp3) is 0.857. The third-order valence-corrected chi connectivity index (χ3v) is 4.03. The van der Waals surface area contributed by atoms with Crippen LogP contribution >= 0.6 is 0 Å². The van der Waals surface area contributed by atoms with Crippen LogP contribution in [0.15, 0.2) is 0 Å². The molecule has 2 saturated heterocycles. The van der Waals surface area contributed by atoms with Crippen molar-refractivity contribution in [3.63, 3.8) is 0 Å². The normalized spacial score (nSPS) is 26.8. The van der Waals surface area contributed by atoms with E-state index in [0.717, 1.165) is 19.3 Å². The van der Waals surface area contributed by atoms with Crippen molar-refractivity contribution in [1.82, 2.24) is 10.2 Å². The molecule has 120 valence electrons. The van der Waals surface area contributed by atoms with Crippen LogP contribution in [0.4, 0.5) is 4.79 Å². The zero-order valence-electron chi connectivity index (χ0n) is 12.5. The van der Waals surface area contributed by atoms with Crippen LogP contribution in [0.5, 0.6) is 0 Å². The van der Waals surface area contributed by atoms with Crippen LogP contribution in [-0.4, -0.2) is 66.6 Å². The van der Waals surface area contributed by atoms with E-state index >= 15 is 0 Å². The van der Waals surface area contributed by atoms with Gasteiger partial charge in [-0.2, -0.15) is 0 Å². The summed E-state index contributed by atoms with van der Waals surface area (Å²) in [6, 6.07) is -0.0491. The second kappa shape index (κ2) is 7.09. The van der Waals surface area contributed by atoms with Crippen LogP contribution < -0.4 is 5.32 Å². The molecule has 7 nitrogen and oxygen atoms in total. The Morgan fingerprint density at radius 3 is 2.71 bits per heavy atom. The molecule has 21 heavy (non-hydrogen) atoms. The van der Waals surface area contributed by atoms with Gasteiger partial charge in [0.15, 0.2) is 0 Å². The Kier molecular flexibility index (Phi) is 5.41. The summed E-state index contributed by atoms with van der Waals surface area (Å²) in [7, 11) is 0. The minimum Gasteiger partial charge on any atom is -0.481 e. The van der Waals surface area contributed by atoms with E-state index in [1.807, 2.05) is 6.92 Å². The maximum absolute atomic E-state index is 12.2. The third kappa shape index (κ3) is 4.86. The van der Waals surface area contributed by atoms with Gasteiger partial charge in [0.2, 0.25) is 0 Å². The van der Waals surface area contributed by atoms with Gasteiger partial charge in [-0.25, -0.2) is 4.79 Å². The van der Waals surface area contributed by atoms with Crippen molar-refractivity contribution in [2.45, 2.75) is 44.2 Å². The number of nitrogens with zero attached hydrogens (tertiary/aromatic N) is 1. The van der Waals surface area contributed by atoms with E-state index in [2.05, 4.69) is 5.32 Å². The number of amides is 2. The molecule has 0 aromatic rings. The van der Waals surface area contributed by atoms with E-state index < -0.39 is 5.97 Å². The van der Waals surface area contributed by atoms with Crippen LogP contribution in [-0.2, 0) is 14.3 Å². The van der Waals surface area contributed by atoms with Crippen molar-refractivity contribution in [2.75, 3.05) is 32.9 Å². The van der Waals surface area contributed by atoms with Crippen LogP contribution in [0.3, 0.4) is 0 Å². The number of carbonyl (C=O) groups excluding carboxylic acids is 1. The van der Waals surface area contributed by atoms with Crippen molar-refractivity contribution >= 4 is 12.0 Å². The van der Waals surface area contributed by atoms with Crippen molar-refractivity contribution in [3.8, 4) is 0 Å². The summed E-state index contributed by atoms with van der Waals surface area (Å²) in [5, 5.41) is 11.6. The van der Waals surface area contributed by atoms with Gasteiger partial charge in [-0.05, 0) is 26.2 Å². The number of carboxylic acids is 1. The van der Waals surface area contributed by atoms with Crippen molar-refractivity contribution in [3.05, 3.63) is 0 Å². The predicted molar refractivity (Wildman–Crippen MR) is 75.2 cm³/mol. The summed E-state index contributed by atoms with van der Waals surface area (Å²) < 4.78 is 10.8. The smallest absolute Gasteiger partial charge is 0.317 e. The van der Waals surface area contributed by atoms with Crippen LogP contribution in [0.2, 0.25) is 0 Å². The second-order valence-corrected chi connectivity index (χ2v) is 5.99. The number of carbonyl (C=O) groups is 2. The van der Waals surface area contributed by atoms with Crippen molar-refractivity contribution < 1.29 is 24.2 Å². The first kappa shape index (κ1) is 16.0. The molecular formula is C14H24N2O5. The zero-order valence-corrected chi connectivity index (χ0v) is 12.5. The molecule has 2 amide bonds. The molecule has 0 aliphatic carbocycles. The van der Waals surface area contributed by atoms with Gasteiger partial charge in [-0.1, -0.05) is 0 Å². The molecule has 1 unspecified atom stereocenters. The fourth-order valence-corrected chi connectivity index (χ4v) is 2.64. The monoisotopic (exact) mass is 300 g/mol. The SMILES string of the molecule is CC1(NC(=O)N2CCC(OCCC(=O)O)CC2)CCOC1. The highest BCUT2D eigenvalue weighted by Crippen LogP contribution is 2.19. The standard InChI is InChI=1S/C14H24N2O5/c1-14(5-9-20-10-14)15-13(19)16-6-2-11(3-7-16)21-8-4-12(17)18/h11H,2-10H2,1H3,(H,15,19)(H,17,18). The number of urea groups is 1. The van der Waals surface area contributed by atoms with E-state index in [9.17, 15) is 9.59 Å². The van der Waals surface area contributed by atoms with Gasteiger partial charge >= 0.3 is 12.0 Å². The van der Waals surface area contributed by atoms with E-state index in [0.29, 0.717) is 26.3 Å². The van der Waals surface area contributed by atoms with E-state index in [1.165, 1.54) is 0 Å². The Morgan fingerprint density at radius 2 is 2.14 bits per heavy atom. The van der Waals surface area contributed by atoms with Gasteiger partial charge in [0.25, 0.3) is 0 Å². The molecule has 2 rings (SSSR count). The lowest BCUT2D eigenvalue weighted by molar-refractivity contribution is -0.138. The zero-order chi connectivity index (χ0) is 15.3. The van der Waals surface area contributed by atoms with Gasteiger partial charge in [0.1, 0.15) is 0 Å². The van der Waals surface area contributed by atoms with Gasteiger partial charge < -0.3 is 24.8 Å². The largest absolute Gasteiger partial charge is 0.481 e. The van der Waals surface area contributed by atoms with Crippen molar-refractivity contribution in [2.24, 2.45) is 0 Å². The second-order valence-electron chi connectivity index (χ2n) is 5.99. The number of aliphatic carboxylic acids is 1. The molecule has 0 aromatic carbocycles. The van der Waals surface area contributed by atoms with Crippen LogP contribution in [0.1, 0.15) is 32.6 Å². The summed E-state index contributed by atoms with van der Waals surface area (Å²) >= 11 is 0. The molecule has 7 heteroatoms. The average Bonchev–Trinajstić information content (AvgIpc) is 2.85. The number of hydrogen-bond acceptors (Lipinski definition) is 4. The molecule has 0 saturated carbocycles. The topological polar surface area (TPSA) is 88.1 Å². The molecule has 2 aliphatic heterocycles. The minimum atomic E-state index is -0.848. The summed E-state index contributed by atoms with van der Waals surface area (Å²) in [5.41, 5.74) is -0.258. The van der Waals surface area contributed by atoms with E-state index in [1.54, 1.807) is 4.90 Å². The molecule has 0 aromatic heterocycles. The molecule has 2 N–H and O–H groups in total. The molecule has 0 spiro atoms. The molecule has 2 heterocycles. The lowest BCUT2D eigenvalue weighted by Gasteiger charge is -2.34. The van der Waals surface area contributed by atoms with Gasteiger partial charge in [0, 0.05) is 19.7 Å². The maximum Gasteiger partial charge on any atom is 0.317 e. The van der Waals surface area contributed by atoms with E-state index in [-0.39, 0.29) is 30.7 Å². The number of nitrogens with one attached hydrogen (secondary N) is 1. The Labute approximate surface area is 124 Å². The number of hydrogen-bond donors (Lipinski definition) is 2. The number of ether oxygens (including phenoxy) is 2. The third-order valence-electron chi connectivity index (χ3n) is 4.03. The maximum atomic E-state index is 12.2. The van der Waals surface area contributed by atoms with E-state index in [4.69, 9.17) is 14.6 Å². The summed E-state index contributed by atoms with van der Waals surface area (Å²) in [4.78, 5) is 24.4. The van der Waals surface area contributed by atoms with Crippen LogP contribution in [0, 0.1) is 0 Å². The number of likely N-dealkylation sites (tertiary alicyclic amines) is 1. The van der Waals surface area contributed by atoms with Crippen LogP contribution in [0.25, 0.3) is 0 Å². The summed E-state index contributed by atoms with van der Waals surface area (Å²) in [5.74, 6) is -0.848. The number of rotatable bonds is 5. The molecule has 0 radical (unpaired) electrons. The molecule has 1 atom stereocenters. The van der Waals surface area contributed by atoms with Gasteiger partial charge in [-0.15, -0.1) is 0 Å². The summed E-state index contributed by atoms with van der Waals surface area (Å²) in [6.07, 6.45) is 2.42. The first-order valence-corrected chi connectivity index (χ1v) is 7.47. The Hall–Kier alpha value is -1.34.